The van der Waals surface area contributed by atoms with Crippen molar-refractivity contribution in [2.45, 2.75) is 118 Å². The van der Waals surface area contributed by atoms with E-state index < -0.39 is 11.7 Å². The molecule has 1 fully saturated rings. The maximum absolute atomic E-state index is 11.6. The quantitative estimate of drug-likeness (QED) is 0.159. The molecular formula is C30H50O4. The third kappa shape index (κ3) is 8.94. The van der Waals surface area contributed by atoms with Crippen LogP contribution in [-0.4, -0.2) is 39.9 Å². The molecule has 1 unspecified atom stereocenters. The van der Waals surface area contributed by atoms with Gasteiger partial charge in [0.1, 0.15) is 6.29 Å². The van der Waals surface area contributed by atoms with Crippen LogP contribution in [0, 0.1) is 11.3 Å². The Morgan fingerprint density at radius 3 is 2.32 bits per heavy atom. The van der Waals surface area contributed by atoms with Crippen molar-refractivity contribution >= 4 is 6.29 Å². The summed E-state index contributed by atoms with van der Waals surface area (Å²) in [7, 11) is 0. The smallest absolute Gasteiger partial charge is 0.145 e. The first-order chi connectivity index (χ1) is 15.9. The second-order valence-corrected chi connectivity index (χ2v) is 11.1. The highest BCUT2D eigenvalue weighted by Crippen LogP contribution is 2.55. The Hall–Kier alpha value is -1.49. The summed E-state index contributed by atoms with van der Waals surface area (Å²) in [6, 6.07) is 0. The highest BCUT2D eigenvalue weighted by molar-refractivity contribution is 5.74. The van der Waals surface area contributed by atoms with Crippen molar-refractivity contribution in [2.75, 3.05) is 6.61 Å². The van der Waals surface area contributed by atoms with E-state index in [2.05, 4.69) is 32.9 Å². The van der Waals surface area contributed by atoms with Crippen molar-refractivity contribution in [3.05, 3.63) is 46.1 Å². The molecule has 0 aromatic carbocycles. The number of carbonyl (C=O) groups is 1. The second kappa shape index (κ2) is 14.2. The number of rotatable bonds is 13. The standard InChI is InChI=1S/C30H50O4/c1-22(2)19-26(33)20-24(4)12-8-11-23(3)13-9-16-29(6)28(14-10-18-31)27(25(5)21-32)15-17-30(29,7)34/h12-13,19,21,26,28,31,33-34H,8-11,14-18,20H2,1-7H3/b23-13+,24-12+,27-25+/t26?,28-,29+,30+/m1/s1. The number of aldehydes is 1. The minimum atomic E-state index is -0.812. The summed E-state index contributed by atoms with van der Waals surface area (Å²) < 4.78 is 0. The Morgan fingerprint density at radius 2 is 1.74 bits per heavy atom. The summed E-state index contributed by atoms with van der Waals surface area (Å²) in [5, 5.41) is 30.9. The summed E-state index contributed by atoms with van der Waals surface area (Å²) in [6.45, 7) is 14.4. The van der Waals surface area contributed by atoms with Crippen molar-refractivity contribution in [3.63, 3.8) is 0 Å². The van der Waals surface area contributed by atoms with Crippen molar-refractivity contribution in [3.8, 4) is 0 Å². The normalized spacial score (nSPS) is 28.5. The van der Waals surface area contributed by atoms with E-state index in [9.17, 15) is 20.1 Å². The first-order valence-electron chi connectivity index (χ1n) is 13.0. The summed E-state index contributed by atoms with van der Waals surface area (Å²) in [4.78, 5) is 11.6. The minimum absolute atomic E-state index is 0.0973. The zero-order chi connectivity index (χ0) is 25.9. The maximum atomic E-state index is 11.6. The molecule has 0 aliphatic heterocycles. The highest BCUT2D eigenvalue weighted by atomic mass is 16.3. The molecule has 0 radical (unpaired) electrons. The van der Waals surface area contributed by atoms with Crippen molar-refractivity contribution < 1.29 is 20.1 Å². The fourth-order valence-corrected chi connectivity index (χ4v) is 5.50. The lowest BCUT2D eigenvalue weighted by Crippen LogP contribution is -2.52. The molecule has 1 saturated carbocycles. The van der Waals surface area contributed by atoms with Gasteiger partial charge in [-0.3, -0.25) is 4.79 Å². The summed E-state index contributed by atoms with van der Waals surface area (Å²) >= 11 is 0. The molecule has 0 spiro atoms. The lowest BCUT2D eigenvalue weighted by molar-refractivity contribution is -0.115. The summed E-state index contributed by atoms with van der Waals surface area (Å²) in [6.07, 6.45) is 14.1. The molecule has 0 aromatic rings. The zero-order valence-corrected chi connectivity index (χ0v) is 22.8. The number of aliphatic hydroxyl groups excluding tert-OH is 2. The van der Waals surface area contributed by atoms with Gasteiger partial charge in [0, 0.05) is 12.0 Å². The van der Waals surface area contributed by atoms with Gasteiger partial charge in [0.25, 0.3) is 0 Å². The third-order valence-electron chi connectivity index (χ3n) is 7.88. The summed E-state index contributed by atoms with van der Waals surface area (Å²) in [5.41, 5.74) is 4.46. The molecule has 1 rings (SSSR count). The molecule has 4 heteroatoms. The van der Waals surface area contributed by atoms with Crippen molar-refractivity contribution in [2.24, 2.45) is 11.3 Å². The summed E-state index contributed by atoms with van der Waals surface area (Å²) in [5.74, 6) is 0.0973. The van der Waals surface area contributed by atoms with E-state index in [0.717, 1.165) is 61.5 Å². The van der Waals surface area contributed by atoms with E-state index in [1.54, 1.807) is 0 Å². The van der Waals surface area contributed by atoms with Gasteiger partial charge >= 0.3 is 0 Å². The monoisotopic (exact) mass is 474 g/mol. The predicted octanol–water partition coefficient (Wildman–Crippen LogP) is 6.61. The molecule has 34 heavy (non-hydrogen) atoms. The molecular weight excluding hydrogens is 424 g/mol. The van der Waals surface area contributed by atoms with E-state index in [0.29, 0.717) is 19.3 Å². The lowest BCUT2D eigenvalue weighted by Gasteiger charge is -2.53. The molecule has 3 N–H and O–H groups in total. The van der Waals surface area contributed by atoms with Gasteiger partial charge in [0.2, 0.25) is 0 Å². The molecule has 1 aliphatic rings. The SMILES string of the molecule is CC(C)=CC(O)C/C(C)=C/CC/C(C)=C/CC[C@@]1(C)[C@H](CCCO)/C(=C(\C)C=O)CC[C@]1(C)O. The van der Waals surface area contributed by atoms with E-state index >= 15 is 0 Å². The molecule has 1 aliphatic carbocycles. The second-order valence-electron chi connectivity index (χ2n) is 11.1. The first-order valence-corrected chi connectivity index (χ1v) is 13.0. The van der Waals surface area contributed by atoms with E-state index in [4.69, 9.17) is 0 Å². The van der Waals surface area contributed by atoms with Gasteiger partial charge in [-0.2, -0.15) is 0 Å². The minimum Gasteiger partial charge on any atom is -0.396 e. The fourth-order valence-electron chi connectivity index (χ4n) is 5.50. The third-order valence-corrected chi connectivity index (χ3v) is 7.88. The number of carbonyl (C=O) groups excluding carboxylic acids is 1. The van der Waals surface area contributed by atoms with Gasteiger partial charge in [0.15, 0.2) is 0 Å². The van der Waals surface area contributed by atoms with Crippen LogP contribution >= 0.6 is 0 Å². The van der Waals surface area contributed by atoms with Crippen LogP contribution in [0.25, 0.3) is 0 Å². The van der Waals surface area contributed by atoms with E-state index in [1.165, 1.54) is 11.1 Å². The van der Waals surface area contributed by atoms with Gasteiger partial charge < -0.3 is 15.3 Å². The van der Waals surface area contributed by atoms with E-state index in [-0.39, 0.29) is 17.9 Å². The molecule has 0 heterocycles. The molecule has 4 atom stereocenters. The number of aliphatic hydroxyl groups is 3. The van der Waals surface area contributed by atoms with Crippen molar-refractivity contribution in [1.29, 1.82) is 0 Å². The first kappa shape index (κ1) is 30.5. The van der Waals surface area contributed by atoms with E-state index in [1.807, 2.05) is 33.8 Å². The Kier molecular flexibility index (Phi) is 12.7. The highest BCUT2D eigenvalue weighted by Gasteiger charge is 2.51. The molecule has 0 amide bonds. The number of hydrogen-bond acceptors (Lipinski definition) is 4. The lowest BCUT2D eigenvalue weighted by atomic mass is 9.54. The zero-order valence-electron chi connectivity index (χ0n) is 22.8. The van der Waals surface area contributed by atoms with Gasteiger partial charge in [0.05, 0.1) is 11.7 Å². The van der Waals surface area contributed by atoms with Crippen LogP contribution in [0.1, 0.15) is 106 Å². The Morgan fingerprint density at radius 1 is 1.09 bits per heavy atom. The van der Waals surface area contributed by atoms with Gasteiger partial charge in [-0.05, 0) is 111 Å². The fraction of sp³-hybridized carbons (Fsp3) is 0.700. The molecule has 0 bridgehead atoms. The van der Waals surface area contributed by atoms with Gasteiger partial charge in [-0.1, -0.05) is 47.4 Å². The van der Waals surface area contributed by atoms with Crippen molar-refractivity contribution in [1.82, 2.24) is 0 Å². The molecule has 194 valence electrons. The number of hydrogen-bond donors (Lipinski definition) is 3. The Bertz CT molecular complexity index is 780. The average molecular weight is 475 g/mol. The Labute approximate surface area is 208 Å². The van der Waals surface area contributed by atoms with Crippen LogP contribution < -0.4 is 0 Å². The van der Waals surface area contributed by atoms with Crippen LogP contribution in [0.4, 0.5) is 0 Å². The molecule has 0 aromatic heterocycles. The average Bonchev–Trinajstić information content (AvgIpc) is 2.73. The van der Waals surface area contributed by atoms with Crippen LogP contribution in [0.5, 0.6) is 0 Å². The predicted molar refractivity (Wildman–Crippen MR) is 143 cm³/mol. The van der Waals surface area contributed by atoms with Gasteiger partial charge in [-0.25, -0.2) is 0 Å². The molecule has 0 saturated heterocycles. The van der Waals surface area contributed by atoms with Gasteiger partial charge in [-0.15, -0.1) is 0 Å². The topological polar surface area (TPSA) is 77.8 Å². The largest absolute Gasteiger partial charge is 0.396 e. The maximum Gasteiger partial charge on any atom is 0.145 e. The number of allylic oxidation sites excluding steroid dienone is 6. The van der Waals surface area contributed by atoms with Crippen LogP contribution in [0.2, 0.25) is 0 Å². The van der Waals surface area contributed by atoms with Crippen LogP contribution in [0.3, 0.4) is 0 Å². The van der Waals surface area contributed by atoms with Crippen LogP contribution in [0.15, 0.2) is 46.1 Å². The molecule has 4 nitrogen and oxygen atoms in total. The Balaban J connectivity index is 2.85. The van der Waals surface area contributed by atoms with Crippen LogP contribution in [-0.2, 0) is 4.79 Å².